The lowest BCUT2D eigenvalue weighted by atomic mass is 10.1. The van der Waals surface area contributed by atoms with Crippen molar-refractivity contribution in [1.82, 2.24) is 5.32 Å². The molecule has 0 bridgehead atoms. The number of benzene rings is 1. The van der Waals surface area contributed by atoms with Gasteiger partial charge in [-0.3, -0.25) is 0 Å². The molecule has 1 saturated carbocycles. The first kappa shape index (κ1) is 14.4. The van der Waals surface area contributed by atoms with E-state index in [9.17, 15) is 4.39 Å². The van der Waals surface area contributed by atoms with Crippen molar-refractivity contribution in [2.24, 2.45) is 0 Å². The topological polar surface area (TPSA) is 35.8 Å². The van der Waals surface area contributed by atoms with Crippen molar-refractivity contribution in [3.63, 3.8) is 0 Å². The van der Waals surface area contributed by atoms with Crippen LogP contribution in [-0.4, -0.2) is 17.5 Å². The molecule has 1 aromatic carbocycles. The first-order chi connectivity index (χ1) is 9.19. The molecule has 0 saturated heterocycles. The summed E-state index contributed by atoms with van der Waals surface area (Å²) in [4.78, 5) is 0. The van der Waals surface area contributed by atoms with E-state index in [0.29, 0.717) is 16.9 Å². The number of nitrogens with one attached hydrogen (secondary N) is 1. The number of nitrogens with zero attached hydrogens (tertiary/aromatic N) is 1. The lowest BCUT2D eigenvalue weighted by molar-refractivity contribution is 0.532. The van der Waals surface area contributed by atoms with Crippen molar-refractivity contribution in [3.05, 3.63) is 35.1 Å². The maximum atomic E-state index is 13.2. The van der Waals surface area contributed by atoms with Crippen molar-refractivity contribution in [3.8, 4) is 6.07 Å². The molecule has 102 valence electrons. The first-order valence-corrected chi connectivity index (χ1v) is 7.86. The molecular weight excluding hydrogens is 259 g/mol. The minimum Gasteiger partial charge on any atom is -0.311 e. The zero-order valence-corrected chi connectivity index (χ0v) is 12.0. The molecule has 1 aliphatic carbocycles. The third-order valence-corrected chi connectivity index (χ3v) is 5.32. The van der Waals surface area contributed by atoms with Gasteiger partial charge in [-0.05, 0) is 42.9 Å². The van der Waals surface area contributed by atoms with E-state index < -0.39 is 0 Å². The van der Waals surface area contributed by atoms with Gasteiger partial charge in [-0.15, -0.1) is 0 Å². The van der Waals surface area contributed by atoms with Gasteiger partial charge in [0.2, 0.25) is 0 Å². The molecule has 0 aliphatic heterocycles. The second-order valence-corrected chi connectivity index (χ2v) is 6.39. The van der Waals surface area contributed by atoms with E-state index in [2.05, 4.69) is 17.6 Å². The summed E-state index contributed by atoms with van der Waals surface area (Å²) in [5.41, 5.74) is 1.30. The number of thioether (sulfide) groups is 1. The third kappa shape index (κ3) is 3.49. The molecule has 0 radical (unpaired) electrons. The summed E-state index contributed by atoms with van der Waals surface area (Å²) in [6.07, 6.45) is 7.25. The number of halogens is 1. The van der Waals surface area contributed by atoms with Crippen LogP contribution in [0.1, 0.15) is 36.8 Å². The Morgan fingerprint density at radius 2 is 2.16 bits per heavy atom. The van der Waals surface area contributed by atoms with E-state index in [0.717, 1.165) is 12.1 Å². The predicted octanol–water partition coefficient (Wildman–Crippen LogP) is 3.46. The van der Waals surface area contributed by atoms with E-state index in [4.69, 9.17) is 5.26 Å². The van der Waals surface area contributed by atoms with Gasteiger partial charge in [0.1, 0.15) is 5.82 Å². The van der Waals surface area contributed by atoms with Crippen LogP contribution < -0.4 is 5.32 Å². The summed E-state index contributed by atoms with van der Waals surface area (Å²) in [6.45, 7) is 1.48. The number of rotatable bonds is 5. The molecule has 0 unspecified atom stereocenters. The zero-order valence-electron chi connectivity index (χ0n) is 11.2. The van der Waals surface area contributed by atoms with Gasteiger partial charge in [0.05, 0.1) is 11.6 Å². The quantitative estimate of drug-likeness (QED) is 0.896. The number of hydrogen-bond donors (Lipinski definition) is 1. The minimum atomic E-state index is -0.281. The van der Waals surface area contributed by atoms with Gasteiger partial charge in [0.25, 0.3) is 0 Å². The molecule has 1 fully saturated rings. The Kier molecular flexibility index (Phi) is 4.84. The summed E-state index contributed by atoms with van der Waals surface area (Å²) in [7, 11) is 0. The fourth-order valence-corrected chi connectivity index (χ4v) is 3.66. The van der Waals surface area contributed by atoms with Crippen molar-refractivity contribution in [1.29, 1.82) is 5.26 Å². The van der Waals surface area contributed by atoms with Gasteiger partial charge in [0.15, 0.2) is 0 Å². The Bertz CT molecular complexity index is 476. The molecule has 0 amide bonds. The average Bonchev–Trinajstić information content (AvgIpc) is 2.88. The summed E-state index contributed by atoms with van der Waals surface area (Å²) in [5.74, 6) is -0.281. The summed E-state index contributed by atoms with van der Waals surface area (Å²) < 4.78 is 13.5. The zero-order chi connectivity index (χ0) is 13.7. The molecule has 2 nitrogen and oxygen atoms in total. The van der Waals surface area contributed by atoms with Crippen LogP contribution in [-0.2, 0) is 6.54 Å². The van der Waals surface area contributed by atoms with Gasteiger partial charge in [0, 0.05) is 17.8 Å². The molecule has 0 heterocycles. The van der Waals surface area contributed by atoms with Crippen LogP contribution in [0.2, 0.25) is 0 Å². The second kappa shape index (κ2) is 6.40. The van der Waals surface area contributed by atoms with Gasteiger partial charge in [-0.25, -0.2) is 4.39 Å². The summed E-state index contributed by atoms with van der Waals surface area (Å²) >= 11 is 1.93. The highest BCUT2D eigenvalue weighted by Crippen LogP contribution is 2.39. The highest BCUT2D eigenvalue weighted by atomic mass is 32.2. The highest BCUT2D eigenvalue weighted by Gasteiger charge is 2.32. The Morgan fingerprint density at radius 1 is 1.42 bits per heavy atom. The average molecular weight is 278 g/mol. The maximum Gasteiger partial charge on any atom is 0.123 e. The van der Waals surface area contributed by atoms with Gasteiger partial charge in [-0.2, -0.15) is 17.0 Å². The van der Waals surface area contributed by atoms with E-state index in [1.807, 2.05) is 11.8 Å². The van der Waals surface area contributed by atoms with Crippen molar-refractivity contribution >= 4 is 11.8 Å². The smallest absolute Gasteiger partial charge is 0.123 e. The molecule has 1 aliphatic rings. The van der Waals surface area contributed by atoms with Crippen LogP contribution in [0.15, 0.2) is 18.2 Å². The third-order valence-electron chi connectivity index (χ3n) is 3.90. The lowest BCUT2D eigenvalue weighted by Gasteiger charge is -2.27. The van der Waals surface area contributed by atoms with Crippen LogP contribution in [0, 0.1) is 17.1 Å². The number of nitriles is 1. The molecule has 2 rings (SSSR count). The largest absolute Gasteiger partial charge is 0.311 e. The van der Waals surface area contributed by atoms with Crippen LogP contribution >= 0.6 is 11.8 Å². The first-order valence-electron chi connectivity index (χ1n) is 6.63. The van der Waals surface area contributed by atoms with Crippen molar-refractivity contribution in [2.45, 2.75) is 37.0 Å². The number of hydrogen-bond acceptors (Lipinski definition) is 3. The van der Waals surface area contributed by atoms with Crippen LogP contribution in [0.25, 0.3) is 0 Å². The predicted molar refractivity (Wildman–Crippen MR) is 77.5 cm³/mol. The molecule has 1 aromatic rings. The monoisotopic (exact) mass is 278 g/mol. The maximum absolute atomic E-state index is 13.2. The Labute approximate surface area is 118 Å². The lowest BCUT2D eigenvalue weighted by Crippen LogP contribution is -2.34. The minimum absolute atomic E-state index is 0.281. The fourth-order valence-electron chi connectivity index (χ4n) is 2.72. The fraction of sp³-hybridized carbons (Fsp3) is 0.533. The van der Waals surface area contributed by atoms with Crippen LogP contribution in [0.5, 0.6) is 0 Å². The highest BCUT2D eigenvalue weighted by molar-refractivity contribution is 8.00. The molecule has 4 heteroatoms. The van der Waals surface area contributed by atoms with E-state index in [-0.39, 0.29) is 5.82 Å². The van der Waals surface area contributed by atoms with Crippen LogP contribution in [0.3, 0.4) is 0 Å². The van der Waals surface area contributed by atoms with E-state index in [1.54, 1.807) is 6.07 Å². The van der Waals surface area contributed by atoms with E-state index >= 15 is 0 Å². The Hall–Kier alpha value is -1.05. The molecular formula is C15H19FN2S. The van der Waals surface area contributed by atoms with Crippen molar-refractivity contribution in [2.75, 3.05) is 12.8 Å². The SMILES string of the molecule is CSC1(CNCc2cc(F)ccc2C#N)CCCC1. The Balaban J connectivity index is 1.96. The second-order valence-electron chi connectivity index (χ2n) is 5.11. The molecule has 1 N–H and O–H groups in total. The standard InChI is InChI=1S/C15H19FN2S/c1-19-15(6-2-3-7-15)11-18-10-13-8-14(16)5-4-12(13)9-17/h4-5,8,18H,2-3,6-7,10-11H2,1H3. The van der Waals surface area contributed by atoms with Gasteiger partial charge < -0.3 is 5.32 Å². The van der Waals surface area contributed by atoms with Crippen molar-refractivity contribution < 1.29 is 4.39 Å². The van der Waals surface area contributed by atoms with Gasteiger partial charge in [-0.1, -0.05) is 12.8 Å². The molecule has 0 aromatic heterocycles. The normalized spacial score (nSPS) is 17.3. The van der Waals surface area contributed by atoms with Crippen LogP contribution in [0.4, 0.5) is 4.39 Å². The summed E-state index contributed by atoms with van der Waals surface area (Å²) in [6, 6.07) is 6.45. The van der Waals surface area contributed by atoms with E-state index in [1.165, 1.54) is 37.8 Å². The molecule has 0 spiro atoms. The molecule has 19 heavy (non-hydrogen) atoms. The summed E-state index contributed by atoms with van der Waals surface area (Å²) in [5, 5.41) is 12.4. The Morgan fingerprint density at radius 3 is 2.79 bits per heavy atom. The molecule has 0 atom stereocenters. The van der Waals surface area contributed by atoms with Gasteiger partial charge >= 0.3 is 0 Å².